The number of carbonyl (C=O) groups is 1. The standard InChI is InChI=1S/C18H17N3OS/c1-13-17(23-14(2)20-13)18(22)21(16-6-4-3-5-7-16)12-15-8-10-19-11-9-15/h3-11H,12H2,1-2H3. The van der Waals surface area contributed by atoms with Gasteiger partial charge in [-0.25, -0.2) is 4.98 Å². The van der Waals surface area contributed by atoms with Crippen LogP contribution in [0.2, 0.25) is 0 Å². The summed E-state index contributed by atoms with van der Waals surface area (Å²) in [5.41, 5.74) is 2.70. The maximum absolute atomic E-state index is 13.1. The van der Waals surface area contributed by atoms with Crippen molar-refractivity contribution in [1.29, 1.82) is 0 Å². The van der Waals surface area contributed by atoms with E-state index in [0.717, 1.165) is 22.0 Å². The first kappa shape index (κ1) is 15.4. The second kappa shape index (κ2) is 6.71. The molecular weight excluding hydrogens is 306 g/mol. The van der Waals surface area contributed by atoms with Crippen LogP contribution in [0.25, 0.3) is 0 Å². The lowest BCUT2D eigenvalue weighted by Gasteiger charge is -2.22. The molecule has 1 aromatic carbocycles. The van der Waals surface area contributed by atoms with Gasteiger partial charge < -0.3 is 4.90 Å². The molecule has 2 heterocycles. The van der Waals surface area contributed by atoms with Crippen LogP contribution in [-0.2, 0) is 6.54 Å². The fraction of sp³-hybridized carbons (Fsp3) is 0.167. The van der Waals surface area contributed by atoms with Gasteiger partial charge in [-0.2, -0.15) is 0 Å². The molecule has 23 heavy (non-hydrogen) atoms. The molecule has 3 rings (SSSR count). The van der Waals surface area contributed by atoms with E-state index < -0.39 is 0 Å². The zero-order valence-corrected chi connectivity index (χ0v) is 13.9. The molecule has 5 heteroatoms. The molecule has 116 valence electrons. The van der Waals surface area contributed by atoms with E-state index in [1.165, 1.54) is 11.3 Å². The van der Waals surface area contributed by atoms with Gasteiger partial charge in [-0.1, -0.05) is 18.2 Å². The third kappa shape index (κ3) is 3.46. The Bertz CT molecular complexity index is 800. The molecule has 2 aromatic heterocycles. The number of hydrogen-bond donors (Lipinski definition) is 0. The molecule has 0 aliphatic carbocycles. The van der Waals surface area contributed by atoms with Crippen LogP contribution in [0.1, 0.15) is 25.9 Å². The van der Waals surface area contributed by atoms with Crippen LogP contribution in [0.3, 0.4) is 0 Å². The van der Waals surface area contributed by atoms with Gasteiger partial charge in [0.05, 0.1) is 17.2 Å². The largest absolute Gasteiger partial charge is 0.303 e. The van der Waals surface area contributed by atoms with Crippen molar-refractivity contribution >= 4 is 22.9 Å². The van der Waals surface area contributed by atoms with Gasteiger partial charge in [0.2, 0.25) is 0 Å². The van der Waals surface area contributed by atoms with Gasteiger partial charge >= 0.3 is 0 Å². The van der Waals surface area contributed by atoms with Crippen LogP contribution in [0, 0.1) is 13.8 Å². The zero-order valence-electron chi connectivity index (χ0n) is 13.1. The molecule has 0 aliphatic heterocycles. The van der Waals surface area contributed by atoms with Crippen LogP contribution in [-0.4, -0.2) is 15.9 Å². The Labute approximate surface area is 139 Å². The molecule has 0 saturated heterocycles. The normalized spacial score (nSPS) is 10.5. The van der Waals surface area contributed by atoms with E-state index in [0.29, 0.717) is 11.4 Å². The quantitative estimate of drug-likeness (QED) is 0.729. The number of hydrogen-bond acceptors (Lipinski definition) is 4. The monoisotopic (exact) mass is 323 g/mol. The SMILES string of the molecule is Cc1nc(C)c(C(=O)N(Cc2ccncc2)c2ccccc2)s1. The second-order valence-corrected chi connectivity index (χ2v) is 6.43. The van der Waals surface area contributed by atoms with Gasteiger partial charge in [-0.3, -0.25) is 9.78 Å². The highest BCUT2D eigenvalue weighted by atomic mass is 32.1. The summed E-state index contributed by atoms with van der Waals surface area (Å²) >= 11 is 1.44. The van der Waals surface area contributed by atoms with Crippen molar-refractivity contribution in [3.63, 3.8) is 0 Å². The maximum Gasteiger partial charge on any atom is 0.270 e. The Kier molecular flexibility index (Phi) is 4.48. The second-order valence-electron chi connectivity index (χ2n) is 5.23. The number of anilines is 1. The molecule has 0 unspecified atom stereocenters. The molecule has 0 aliphatic rings. The Morgan fingerprint density at radius 3 is 2.39 bits per heavy atom. The Morgan fingerprint density at radius 2 is 1.78 bits per heavy atom. The summed E-state index contributed by atoms with van der Waals surface area (Å²) in [6.45, 7) is 4.30. The van der Waals surface area contributed by atoms with Crippen molar-refractivity contribution in [2.75, 3.05) is 4.90 Å². The van der Waals surface area contributed by atoms with Crippen LogP contribution >= 0.6 is 11.3 Å². The van der Waals surface area contributed by atoms with Gasteiger partial charge in [0.15, 0.2) is 0 Å². The van der Waals surface area contributed by atoms with Crippen LogP contribution < -0.4 is 4.90 Å². The number of carbonyl (C=O) groups excluding carboxylic acids is 1. The third-order valence-corrected chi connectivity index (χ3v) is 4.56. The topological polar surface area (TPSA) is 46.1 Å². The Balaban J connectivity index is 1.98. The lowest BCUT2D eigenvalue weighted by Crippen LogP contribution is -2.30. The maximum atomic E-state index is 13.1. The van der Waals surface area contributed by atoms with Crippen molar-refractivity contribution in [2.45, 2.75) is 20.4 Å². The van der Waals surface area contributed by atoms with E-state index >= 15 is 0 Å². The number of thiazole rings is 1. The minimum Gasteiger partial charge on any atom is -0.303 e. The molecule has 0 atom stereocenters. The number of nitrogens with zero attached hydrogens (tertiary/aromatic N) is 3. The van der Waals surface area contributed by atoms with Crippen molar-refractivity contribution in [1.82, 2.24) is 9.97 Å². The first-order valence-electron chi connectivity index (χ1n) is 7.35. The number of para-hydroxylation sites is 1. The molecule has 3 aromatic rings. The predicted molar refractivity (Wildman–Crippen MR) is 92.8 cm³/mol. The fourth-order valence-corrected chi connectivity index (χ4v) is 3.28. The summed E-state index contributed by atoms with van der Waals surface area (Å²) in [6, 6.07) is 13.6. The van der Waals surface area contributed by atoms with Crippen molar-refractivity contribution in [3.05, 3.63) is 76.0 Å². The fourth-order valence-electron chi connectivity index (χ4n) is 2.41. The Morgan fingerprint density at radius 1 is 1.09 bits per heavy atom. The zero-order chi connectivity index (χ0) is 16.2. The molecule has 1 amide bonds. The predicted octanol–water partition coefficient (Wildman–Crippen LogP) is 4.00. The number of benzene rings is 1. The average molecular weight is 323 g/mol. The summed E-state index contributed by atoms with van der Waals surface area (Å²) < 4.78 is 0. The van der Waals surface area contributed by atoms with Crippen molar-refractivity contribution in [2.24, 2.45) is 0 Å². The number of aromatic nitrogens is 2. The van der Waals surface area contributed by atoms with E-state index in [-0.39, 0.29) is 5.91 Å². The van der Waals surface area contributed by atoms with Crippen molar-refractivity contribution in [3.8, 4) is 0 Å². The lowest BCUT2D eigenvalue weighted by molar-refractivity contribution is 0.0988. The van der Waals surface area contributed by atoms with E-state index in [2.05, 4.69) is 9.97 Å². The number of amides is 1. The Hall–Kier alpha value is -2.53. The number of aryl methyl sites for hydroxylation is 2. The molecule has 0 N–H and O–H groups in total. The lowest BCUT2D eigenvalue weighted by atomic mass is 10.2. The van der Waals surface area contributed by atoms with Crippen LogP contribution in [0.4, 0.5) is 5.69 Å². The summed E-state index contributed by atoms with van der Waals surface area (Å²) in [6.07, 6.45) is 3.48. The number of rotatable bonds is 4. The first-order valence-corrected chi connectivity index (χ1v) is 8.16. The molecule has 0 spiro atoms. The molecule has 4 nitrogen and oxygen atoms in total. The van der Waals surface area contributed by atoms with Gasteiger partial charge in [-0.15, -0.1) is 11.3 Å². The first-order chi connectivity index (χ1) is 11.1. The smallest absolute Gasteiger partial charge is 0.270 e. The minimum absolute atomic E-state index is 0.0175. The average Bonchev–Trinajstić information content (AvgIpc) is 2.92. The summed E-state index contributed by atoms with van der Waals surface area (Å²) in [5, 5.41) is 0.905. The van der Waals surface area contributed by atoms with Gasteiger partial charge in [0.1, 0.15) is 4.88 Å². The summed E-state index contributed by atoms with van der Waals surface area (Å²) in [7, 11) is 0. The highest BCUT2D eigenvalue weighted by Gasteiger charge is 2.22. The molecule has 0 radical (unpaired) electrons. The molecule has 0 bridgehead atoms. The van der Waals surface area contributed by atoms with E-state index in [1.807, 2.05) is 56.3 Å². The minimum atomic E-state index is -0.0175. The van der Waals surface area contributed by atoms with E-state index in [1.54, 1.807) is 17.3 Å². The summed E-state index contributed by atoms with van der Waals surface area (Å²) in [4.78, 5) is 24.0. The third-order valence-electron chi connectivity index (χ3n) is 3.50. The van der Waals surface area contributed by atoms with Gasteiger partial charge in [-0.05, 0) is 43.7 Å². The van der Waals surface area contributed by atoms with Gasteiger partial charge in [0, 0.05) is 18.1 Å². The van der Waals surface area contributed by atoms with Crippen LogP contribution in [0.5, 0.6) is 0 Å². The molecule has 0 fully saturated rings. The molecular formula is C18H17N3OS. The summed E-state index contributed by atoms with van der Waals surface area (Å²) in [5.74, 6) is -0.0175. The molecule has 0 saturated carbocycles. The highest BCUT2D eigenvalue weighted by molar-refractivity contribution is 7.13. The van der Waals surface area contributed by atoms with Gasteiger partial charge in [0.25, 0.3) is 5.91 Å². The number of pyridine rings is 1. The highest BCUT2D eigenvalue weighted by Crippen LogP contribution is 2.24. The van der Waals surface area contributed by atoms with Crippen molar-refractivity contribution < 1.29 is 4.79 Å². The van der Waals surface area contributed by atoms with Crippen LogP contribution in [0.15, 0.2) is 54.9 Å². The van der Waals surface area contributed by atoms with E-state index in [4.69, 9.17) is 0 Å². The van der Waals surface area contributed by atoms with E-state index in [9.17, 15) is 4.79 Å².